The van der Waals surface area contributed by atoms with Crippen molar-refractivity contribution in [3.8, 4) is 17.1 Å². The van der Waals surface area contributed by atoms with Gasteiger partial charge in [-0.1, -0.05) is 20.8 Å². The second-order valence-electron chi connectivity index (χ2n) is 4.37. The van der Waals surface area contributed by atoms with Gasteiger partial charge in [-0.25, -0.2) is 15.8 Å². The molecule has 0 aliphatic heterocycles. The third-order valence-electron chi connectivity index (χ3n) is 2.83. The van der Waals surface area contributed by atoms with Crippen molar-refractivity contribution >= 4 is 5.82 Å². The van der Waals surface area contributed by atoms with Gasteiger partial charge in [0.1, 0.15) is 0 Å². The van der Waals surface area contributed by atoms with Crippen LogP contribution in [-0.4, -0.2) is 27.2 Å². The molecular formula is C15H20F3N5O. The van der Waals surface area contributed by atoms with Crippen LogP contribution in [0.25, 0.3) is 11.3 Å². The molecule has 0 saturated carbocycles. The number of anilines is 1. The van der Waals surface area contributed by atoms with Crippen LogP contribution in [0.2, 0.25) is 0 Å². The maximum absolute atomic E-state index is 12.6. The Balaban J connectivity index is 0.00000139. The van der Waals surface area contributed by atoms with E-state index in [0.717, 1.165) is 0 Å². The smallest absolute Gasteiger partial charge is 0.425 e. The van der Waals surface area contributed by atoms with Gasteiger partial charge in [0.2, 0.25) is 5.88 Å². The van der Waals surface area contributed by atoms with Gasteiger partial charge in [0.15, 0.2) is 11.9 Å². The molecule has 2 aromatic rings. The number of rotatable bonds is 5. The second-order valence-corrected chi connectivity index (χ2v) is 4.37. The van der Waals surface area contributed by atoms with Crippen LogP contribution in [0.4, 0.5) is 19.0 Å². The summed E-state index contributed by atoms with van der Waals surface area (Å²) in [5.74, 6) is 5.48. The molecule has 2 rings (SSSR count). The SMILES string of the molecule is CC.CCC(Oc1ccc(-c2cnc(NN)cn2)cn1)C(F)(F)F. The summed E-state index contributed by atoms with van der Waals surface area (Å²) in [4.78, 5) is 12.0. The van der Waals surface area contributed by atoms with Gasteiger partial charge in [0, 0.05) is 17.8 Å². The van der Waals surface area contributed by atoms with Crippen LogP contribution in [0.1, 0.15) is 27.2 Å². The van der Waals surface area contributed by atoms with E-state index in [-0.39, 0.29) is 12.3 Å². The number of alkyl halides is 3. The van der Waals surface area contributed by atoms with Gasteiger partial charge in [-0.05, 0) is 12.5 Å². The Labute approximate surface area is 138 Å². The van der Waals surface area contributed by atoms with Crippen molar-refractivity contribution in [3.05, 3.63) is 30.7 Å². The lowest BCUT2D eigenvalue weighted by Crippen LogP contribution is -2.33. The quantitative estimate of drug-likeness (QED) is 0.638. The van der Waals surface area contributed by atoms with Gasteiger partial charge >= 0.3 is 6.18 Å². The number of nitrogens with two attached hydrogens (primary N) is 1. The van der Waals surface area contributed by atoms with Crippen molar-refractivity contribution in [1.82, 2.24) is 15.0 Å². The summed E-state index contributed by atoms with van der Waals surface area (Å²) in [6.45, 7) is 5.40. The minimum atomic E-state index is -4.42. The number of pyridine rings is 1. The first kappa shape index (κ1) is 19.6. The normalized spacial score (nSPS) is 12.0. The predicted molar refractivity (Wildman–Crippen MR) is 85.2 cm³/mol. The third kappa shape index (κ3) is 5.34. The van der Waals surface area contributed by atoms with E-state index in [0.29, 0.717) is 17.1 Å². The summed E-state index contributed by atoms with van der Waals surface area (Å²) >= 11 is 0. The van der Waals surface area contributed by atoms with Crippen LogP contribution >= 0.6 is 0 Å². The lowest BCUT2D eigenvalue weighted by atomic mass is 10.2. The molecule has 0 amide bonds. The van der Waals surface area contributed by atoms with Gasteiger partial charge in [-0.2, -0.15) is 13.2 Å². The summed E-state index contributed by atoms with van der Waals surface area (Å²) in [5, 5.41) is 0. The fourth-order valence-corrected chi connectivity index (χ4v) is 1.68. The molecule has 1 unspecified atom stereocenters. The molecule has 0 aliphatic rings. The Bertz CT molecular complexity index is 602. The zero-order valence-corrected chi connectivity index (χ0v) is 13.6. The summed E-state index contributed by atoms with van der Waals surface area (Å²) in [5.41, 5.74) is 3.46. The van der Waals surface area contributed by atoms with Gasteiger partial charge < -0.3 is 10.2 Å². The topological polar surface area (TPSA) is 86.0 Å². The van der Waals surface area contributed by atoms with Gasteiger partial charge in [-0.15, -0.1) is 0 Å². The fraction of sp³-hybridized carbons (Fsp3) is 0.400. The zero-order chi connectivity index (χ0) is 18.2. The van der Waals surface area contributed by atoms with Crippen molar-refractivity contribution in [3.63, 3.8) is 0 Å². The largest absolute Gasteiger partial charge is 0.465 e. The van der Waals surface area contributed by atoms with Crippen molar-refractivity contribution in [2.45, 2.75) is 39.5 Å². The first-order valence-electron chi connectivity index (χ1n) is 7.42. The molecule has 1 atom stereocenters. The van der Waals surface area contributed by atoms with Crippen molar-refractivity contribution in [1.29, 1.82) is 0 Å². The molecule has 0 aromatic carbocycles. The Hall–Kier alpha value is -2.42. The highest BCUT2D eigenvalue weighted by Crippen LogP contribution is 2.27. The van der Waals surface area contributed by atoms with E-state index in [9.17, 15) is 13.2 Å². The van der Waals surface area contributed by atoms with Gasteiger partial charge in [-0.3, -0.25) is 4.98 Å². The van der Waals surface area contributed by atoms with E-state index < -0.39 is 12.3 Å². The molecule has 9 heteroatoms. The summed E-state index contributed by atoms with van der Waals surface area (Å²) < 4.78 is 42.8. The molecule has 0 saturated heterocycles. The Morgan fingerprint density at radius 3 is 2.25 bits per heavy atom. The first-order valence-corrected chi connectivity index (χ1v) is 7.42. The van der Waals surface area contributed by atoms with Crippen LogP contribution in [0.5, 0.6) is 5.88 Å². The number of nitrogen functional groups attached to an aromatic ring is 1. The highest BCUT2D eigenvalue weighted by molar-refractivity contribution is 5.57. The highest BCUT2D eigenvalue weighted by Gasteiger charge is 2.40. The molecular weight excluding hydrogens is 323 g/mol. The number of nitrogens with zero attached hydrogens (tertiary/aromatic N) is 3. The molecule has 6 nitrogen and oxygen atoms in total. The van der Waals surface area contributed by atoms with E-state index in [1.54, 1.807) is 6.07 Å². The maximum atomic E-state index is 12.6. The van der Waals surface area contributed by atoms with E-state index in [1.807, 2.05) is 13.8 Å². The second kappa shape index (κ2) is 9.02. The average Bonchev–Trinajstić information content (AvgIpc) is 2.61. The third-order valence-corrected chi connectivity index (χ3v) is 2.83. The van der Waals surface area contributed by atoms with Crippen LogP contribution in [0, 0.1) is 0 Å². The Kier molecular flexibility index (Phi) is 7.37. The summed E-state index contributed by atoms with van der Waals surface area (Å²) in [7, 11) is 0. The monoisotopic (exact) mass is 343 g/mol. The number of ether oxygens (including phenoxy) is 1. The van der Waals surface area contributed by atoms with Crippen molar-refractivity contribution < 1.29 is 17.9 Å². The molecule has 0 bridgehead atoms. The molecule has 2 heterocycles. The number of aromatic nitrogens is 3. The fourth-order valence-electron chi connectivity index (χ4n) is 1.68. The van der Waals surface area contributed by atoms with Gasteiger partial charge in [0.05, 0.1) is 18.1 Å². The van der Waals surface area contributed by atoms with Crippen LogP contribution in [-0.2, 0) is 0 Å². The predicted octanol–water partition coefficient (Wildman–Crippen LogP) is 3.57. The minimum absolute atomic E-state index is 0.0962. The lowest BCUT2D eigenvalue weighted by molar-refractivity contribution is -0.196. The van der Waals surface area contributed by atoms with Crippen LogP contribution < -0.4 is 16.0 Å². The van der Waals surface area contributed by atoms with Crippen molar-refractivity contribution in [2.75, 3.05) is 5.43 Å². The van der Waals surface area contributed by atoms with Crippen molar-refractivity contribution in [2.24, 2.45) is 5.84 Å². The van der Waals surface area contributed by atoms with Gasteiger partial charge in [0.25, 0.3) is 0 Å². The Morgan fingerprint density at radius 1 is 1.12 bits per heavy atom. The molecule has 132 valence electrons. The highest BCUT2D eigenvalue weighted by atomic mass is 19.4. The summed E-state index contributed by atoms with van der Waals surface area (Å²) in [6, 6.07) is 2.92. The molecule has 3 N–H and O–H groups in total. The number of hydrazine groups is 1. The van der Waals surface area contributed by atoms with E-state index >= 15 is 0 Å². The summed E-state index contributed by atoms with van der Waals surface area (Å²) in [6.07, 6.45) is -2.22. The molecule has 0 fully saturated rings. The molecule has 0 aliphatic carbocycles. The first-order chi connectivity index (χ1) is 11.4. The minimum Gasteiger partial charge on any atom is -0.465 e. The molecule has 24 heavy (non-hydrogen) atoms. The maximum Gasteiger partial charge on any atom is 0.425 e. The molecule has 2 aromatic heterocycles. The number of halogens is 3. The molecule has 0 radical (unpaired) electrons. The van der Waals surface area contributed by atoms with E-state index in [2.05, 4.69) is 20.4 Å². The zero-order valence-electron chi connectivity index (χ0n) is 13.6. The Morgan fingerprint density at radius 2 is 1.83 bits per heavy atom. The molecule has 0 spiro atoms. The number of hydrogen-bond acceptors (Lipinski definition) is 6. The van der Waals surface area contributed by atoms with E-state index in [1.165, 1.54) is 31.6 Å². The van der Waals surface area contributed by atoms with E-state index in [4.69, 9.17) is 10.6 Å². The lowest BCUT2D eigenvalue weighted by Gasteiger charge is -2.19. The number of hydrogen-bond donors (Lipinski definition) is 2. The van der Waals surface area contributed by atoms with Crippen LogP contribution in [0.15, 0.2) is 30.7 Å². The average molecular weight is 343 g/mol. The van der Waals surface area contributed by atoms with Crippen LogP contribution in [0.3, 0.4) is 0 Å². The standard InChI is InChI=1S/C13H14F3N5O.C2H6/c1-2-10(13(14,15)16)22-12-4-3-8(5-20-12)9-6-19-11(21-17)7-18-9;1-2/h3-7,10H,2,17H2,1H3,(H,19,21);1-2H3. The number of nitrogens with one attached hydrogen (secondary N) is 1.